The van der Waals surface area contributed by atoms with Crippen LogP contribution in [0.3, 0.4) is 0 Å². The van der Waals surface area contributed by atoms with Crippen LogP contribution in [0.15, 0.2) is 47.1 Å². The smallest absolute Gasteiger partial charge is 0.251 e. The van der Waals surface area contributed by atoms with Crippen LogP contribution >= 0.6 is 0 Å². The summed E-state index contributed by atoms with van der Waals surface area (Å²) in [4.78, 5) is 16.3. The fourth-order valence-electron chi connectivity index (χ4n) is 2.22. The molecule has 1 atom stereocenters. The zero-order valence-electron chi connectivity index (χ0n) is 13.5. The topological polar surface area (TPSA) is 48.7 Å². The van der Waals surface area contributed by atoms with Gasteiger partial charge in [-0.3, -0.25) is 9.69 Å². The van der Waals surface area contributed by atoms with Crippen LogP contribution in [0.2, 0.25) is 0 Å². The SMILES string of the molecule is CN(C)c1ccc(C(=O)NCC(c2ccco2)N(C)C)cc1. The lowest BCUT2D eigenvalue weighted by molar-refractivity contribution is 0.0939. The molecule has 1 N–H and O–H groups in total. The molecule has 1 aromatic carbocycles. The van der Waals surface area contributed by atoms with Crippen molar-refractivity contribution in [1.29, 1.82) is 0 Å². The molecule has 0 spiro atoms. The zero-order valence-corrected chi connectivity index (χ0v) is 13.5. The minimum absolute atomic E-state index is 0.0139. The first-order chi connectivity index (χ1) is 10.5. The van der Waals surface area contributed by atoms with Gasteiger partial charge in [0, 0.05) is 31.9 Å². The number of benzene rings is 1. The normalized spacial score (nSPS) is 12.2. The van der Waals surface area contributed by atoms with Crippen molar-refractivity contribution in [2.24, 2.45) is 0 Å². The van der Waals surface area contributed by atoms with E-state index in [-0.39, 0.29) is 11.9 Å². The summed E-state index contributed by atoms with van der Waals surface area (Å²) < 4.78 is 5.44. The lowest BCUT2D eigenvalue weighted by Crippen LogP contribution is -2.34. The molecule has 0 aliphatic rings. The summed E-state index contributed by atoms with van der Waals surface area (Å²) in [7, 11) is 7.87. The van der Waals surface area contributed by atoms with Gasteiger partial charge in [-0.1, -0.05) is 0 Å². The van der Waals surface area contributed by atoms with Crippen molar-refractivity contribution in [3.63, 3.8) is 0 Å². The summed E-state index contributed by atoms with van der Waals surface area (Å²) >= 11 is 0. The molecule has 1 unspecified atom stereocenters. The fourth-order valence-corrected chi connectivity index (χ4v) is 2.22. The van der Waals surface area contributed by atoms with E-state index in [9.17, 15) is 4.79 Å². The van der Waals surface area contributed by atoms with Crippen LogP contribution in [0.4, 0.5) is 5.69 Å². The van der Waals surface area contributed by atoms with Crippen LogP contribution in [0.5, 0.6) is 0 Å². The van der Waals surface area contributed by atoms with E-state index in [1.807, 2.05) is 74.4 Å². The van der Waals surface area contributed by atoms with E-state index in [1.165, 1.54) is 0 Å². The zero-order chi connectivity index (χ0) is 16.1. The Balaban J connectivity index is 1.99. The van der Waals surface area contributed by atoms with E-state index >= 15 is 0 Å². The van der Waals surface area contributed by atoms with E-state index in [0.29, 0.717) is 12.1 Å². The first kappa shape index (κ1) is 16.1. The van der Waals surface area contributed by atoms with Gasteiger partial charge in [-0.05, 0) is 50.5 Å². The Morgan fingerprint density at radius 2 is 1.82 bits per heavy atom. The van der Waals surface area contributed by atoms with Crippen molar-refractivity contribution < 1.29 is 9.21 Å². The average molecular weight is 301 g/mol. The molecule has 2 aromatic rings. The monoisotopic (exact) mass is 301 g/mol. The maximum atomic E-state index is 12.2. The highest BCUT2D eigenvalue weighted by atomic mass is 16.3. The summed E-state index contributed by atoms with van der Waals surface area (Å²) in [6.45, 7) is 0.495. The van der Waals surface area contributed by atoms with E-state index in [1.54, 1.807) is 6.26 Å². The number of amides is 1. The maximum absolute atomic E-state index is 12.2. The third kappa shape index (κ3) is 3.89. The van der Waals surface area contributed by atoms with Crippen molar-refractivity contribution in [2.75, 3.05) is 39.6 Å². The van der Waals surface area contributed by atoms with Crippen molar-refractivity contribution in [2.45, 2.75) is 6.04 Å². The molecular formula is C17H23N3O2. The summed E-state index contributed by atoms with van der Waals surface area (Å²) in [5.74, 6) is 0.761. The molecule has 0 saturated carbocycles. The molecular weight excluding hydrogens is 278 g/mol. The first-order valence-electron chi connectivity index (χ1n) is 7.24. The van der Waals surface area contributed by atoms with Gasteiger partial charge in [0.1, 0.15) is 5.76 Å². The predicted molar refractivity (Wildman–Crippen MR) is 88.2 cm³/mol. The van der Waals surface area contributed by atoms with Crippen LogP contribution in [-0.2, 0) is 0 Å². The molecule has 1 amide bonds. The van der Waals surface area contributed by atoms with E-state index in [0.717, 1.165) is 11.4 Å². The Bertz CT molecular complexity index is 589. The van der Waals surface area contributed by atoms with Crippen LogP contribution < -0.4 is 10.2 Å². The molecule has 0 bridgehead atoms. The number of anilines is 1. The van der Waals surface area contributed by atoms with Crippen LogP contribution in [-0.4, -0.2) is 45.5 Å². The van der Waals surface area contributed by atoms with Crippen LogP contribution in [0.1, 0.15) is 22.2 Å². The minimum Gasteiger partial charge on any atom is -0.468 e. The Labute approximate surface area is 131 Å². The second kappa shape index (κ2) is 7.13. The number of rotatable bonds is 6. The molecule has 0 saturated heterocycles. The van der Waals surface area contributed by atoms with Crippen molar-refractivity contribution in [3.8, 4) is 0 Å². The number of carbonyl (C=O) groups excluding carboxylic acids is 1. The number of hydrogen-bond acceptors (Lipinski definition) is 4. The van der Waals surface area contributed by atoms with Gasteiger partial charge in [-0.15, -0.1) is 0 Å². The van der Waals surface area contributed by atoms with Gasteiger partial charge in [0.15, 0.2) is 0 Å². The van der Waals surface area contributed by atoms with Gasteiger partial charge in [-0.2, -0.15) is 0 Å². The molecule has 1 aromatic heterocycles. The third-order valence-electron chi connectivity index (χ3n) is 3.60. The predicted octanol–water partition coefficient (Wildman–Crippen LogP) is 2.38. The Kier molecular flexibility index (Phi) is 5.22. The molecule has 0 radical (unpaired) electrons. The number of furan rings is 1. The van der Waals surface area contributed by atoms with Gasteiger partial charge in [0.2, 0.25) is 0 Å². The average Bonchev–Trinajstić information content (AvgIpc) is 3.01. The second-order valence-corrected chi connectivity index (χ2v) is 5.65. The first-order valence-corrected chi connectivity index (χ1v) is 7.24. The molecule has 0 fully saturated rings. The van der Waals surface area contributed by atoms with Gasteiger partial charge in [0.25, 0.3) is 5.91 Å². The number of nitrogens with zero attached hydrogens (tertiary/aromatic N) is 2. The van der Waals surface area contributed by atoms with Gasteiger partial charge >= 0.3 is 0 Å². The highest BCUT2D eigenvalue weighted by Gasteiger charge is 2.18. The van der Waals surface area contributed by atoms with Crippen molar-refractivity contribution in [1.82, 2.24) is 10.2 Å². The summed E-state index contributed by atoms with van der Waals surface area (Å²) in [6.07, 6.45) is 1.65. The number of hydrogen-bond donors (Lipinski definition) is 1. The molecule has 0 aliphatic heterocycles. The standard InChI is InChI=1S/C17H23N3O2/c1-19(2)14-9-7-13(8-10-14)17(21)18-12-15(20(3)4)16-6-5-11-22-16/h5-11,15H,12H2,1-4H3,(H,18,21). The van der Waals surface area contributed by atoms with Crippen molar-refractivity contribution in [3.05, 3.63) is 54.0 Å². The highest BCUT2D eigenvalue weighted by Crippen LogP contribution is 2.18. The summed E-state index contributed by atoms with van der Waals surface area (Å²) in [6, 6.07) is 11.3. The van der Waals surface area contributed by atoms with Gasteiger partial charge < -0.3 is 14.6 Å². The van der Waals surface area contributed by atoms with E-state index in [4.69, 9.17) is 4.42 Å². The molecule has 0 aliphatic carbocycles. The highest BCUT2D eigenvalue weighted by molar-refractivity contribution is 5.94. The molecule has 22 heavy (non-hydrogen) atoms. The number of nitrogens with one attached hydrogen (secondary N) is 1. The quantitative estimate of drug-likeness (QED) is 0.890. The van der Waals surface area contributed by atoms with E-state index in [2.05, 4.69) is 5.32 Å². The lowest BCUT2D eigenvalue weighted by atomic mass is 10.1. The molecule has 5 nitrogen and oxygen atoms in total. The lowest BCUT2D eigenvalue weighted by Gasteiger charge is -2.22. The Morgan fingerprint density at radius 1 is 1.14 bits per heavy atom. The largest absolute Gasteiger partial charge is 0.468 e. The van der Waals surface area contributed by atoms with Gasteiger partial charge in [0.05, 0.1) is 12.3 Å². The molecule has 2 rings (SSSR count). The van der Waals surface area contributed by atoms with Crippen LogP contribution in [0.25, 0.3) is 0 Å². The Morgan fingerprint density at radius 3 is 2.32 bits per heavy atom. The molecule has 5 heteroatoms. The van der Waals surface area contributed by atoms with Gasteiger partial charge in [-0.25, -0.2) is 0 Å². The molecule has 118 valence electrons. The van der Waals surface area contributed by atoms with Crippen molar-refractivity contribution >= 4 is 11.6 Å². The molecule has 1 heterocycles. The Hall–Kier alpha value is -2.27. The van der Waals surface area contributed by atoms with Crippen LogP contribution in [0, 0.1) is 0 Å². The maximum Gasteiger partial charge on any atom is 0.251 e. The number of carbonyl (C=O) groups is 1. The summed E-state index contributed by atoms with van der Waals surface area (Å²) in [5.41, 5.74) is 1.72. The second-order valence-electron chi connectivity index (χ2n) is 5.65. The fraction of sp³-hybridized carbons (Fsp3) is 0.353. The third-order valence-corrected chi connectivity index (χ3v) is 3.60. The summed E-state index contributed by atoms with van der Waals surface area (Å²) in [5, 5.41) is 2.96. The minimum atomic E-state index is -0.0799. The van der Waals surface area contributed by atoms with E-state index < -0.39 is 0 Å². The number of likely N-dealkylation sites (N-methyl/N-ethyl adjacent to an activating group) is 1.